The second kappa shape index (κ2) is 6.57. The normalized spacial score (nSPS) is 21.8. The number of piperazine rings is 1. The average Bonchev–Trinajstić information content (AvgIpc) is 3.11. The molecule has 1 aromatic heterocycles. The van der Waals surface area contributed by atoms with Gasteiger partial charge in [-0.3, -0.25) is 14.5 Å². The van der Waals surface area contributed by atoms with Gasteiger partial charge in [-0.05, 0) is 24.6 Å². The van der Waals surface area contributed by atoms with Crippen LogP contribution in [-0.4, -0.2) is 66.0 Å². The summed E-state index contributed by atoms with van der Waals surface area (Å²) < 4.78 is 13.4. The molecule has 0 saturated carbocycles. The molecule has 2 aliphatic rings. The van der Waals surface area contributed by atoms with E-state index in [1.54, 1.807) is 6.07 Å². The zero-order valence-electron chi connectivity index (χ0n) is 13.9. The van der Waals surface area contributed by atoms with Gasteiger partial charge in [-0.15, -0.1) is 0 Å². The third-order valence-corrected chi connectivity index (χ3v) is 5.15. The molecule has 2 fully saturated rings. The van der Waals surface area contributed by atoms with E-state index in [0.717, 1.165) is 32.6 Å². The third-order valence-electron chi connectivity index (χ3n) is 5.15. The summed E-state index contributed by atoms with van der Waals surface area (Å²) >= 11 is 0. The number of halogens is 1. The minimum atomic E-state index is -0.437. The van der Waals surface area contributed by atoms with Crippen molar-refractivity contribution in [2.75, 3.05) is 39.3 Å². The van der Waals surface area contributed by atoms with Gasteiger partial charge in [-0.1, -0.05) is 0 Å². The van der Waals surface area contributed by atoms with Gasteiger partial charge in [0.15, 0.2) is 0 Å². The number of hydrogen-bond donors (Lipinski definition) is 2. The van der Waals surface area contributed by atoms with E-state index in [9.17, 15) is 14.0 Å². The highest BCUT2D eigenvalue weighted by Crippen LogP contribution is 2.22. The van der Waals surface area contributed by atoms with Crippen LogP contribution in [0, 0.1) is 5.82 Å². The van der Waals surface area contributed by atoms with Crippen LogP contribution in [0.25, 0.3) is 10.9 Å². The van der Waals surface area contributed by atoms with Gasteiger partial charge in [0.05, 0.1) is 11.1 Å². The molecule has 0 aliphatic carbocycles. The number of H-pyrrole nitrogens is 1. The SMILES string of the molecule is O=C(c1cc(=O)[nH]c2cc(F)ccc12)N1CCC(N2CCNCC2)C1. The van der Waals surface area contributed by atoms with E-state index in [-0.39, 0.29) is 11.5 Å². The Morgan fingerprint density at radius 2 is 1.96 bits per heavy atom. The van der Waals surface area contributed by atoms with Gasteiger partial charge < -0.3 is 15.2 Å². The summed E-state index contributed by atoms with van der Waals surface area (Å²) in [6.45, 7) is 5.32. The van der Waals surface area contributed by atoms with E-state index >= 15 is 0 Å². The molecule has 2 N–H and O–H groups in total. The summed E-state index contributed by atoms with van der Waals surface area (Å²) in [5.74, 6) is -0.590. The van der Waals surface area contributed by atoms with Gasteiger partial charge in [0.1, 0.15) is 5.82 Å². The number of nitrogens with zero attached hydrogens (tertiary/aromatic N) is 2. The summed E-state index contributed by atoms with van der Waals surface area (Å²) in [6.07, 6.45) is 0.946. The molecular weight excluding hydrogens is 323 g/mol. The predicted molar refractivity (Wildman–Crippen MR) is 93.3 cm³/mol. The number of likely N-dealkylation sites (tertiary alicyclic amines) is 1. The lowest BCUT2D eigenvalue weighted by atomic mass is 10.1. The van der Waals surface area contributed by atoms with Crippen molar-refractivity contribution >= 4 is 16.8 Å². The summed E-state index contributed by atoms with van der Waals surface area (Å²) in [7, 11) is 0. The van der Waals surface area contributed by atoms with Crippen LogP contribution in [0.3, 0.4) is 0 Å². The molecule has 2 aromatic rings. The Bertz CT molecular complexity index is 860. The molecule has 0 spiro atoms. The van der Waals surface area contributed by atoms with Crippen LogP contribution < -0.4 is 10.9 Å². The molecule has 25 heavy (non-hydrogen) atoms. The van der Waals surface area contributed by atoms with Gasteiger partial charge in [0.25, 0.3) is 5.91 Å². The van der Waals surface area contributed by atoms with Crippen molar-refractivity contribution in [2.45, 2.75) is 12.5 Å². The molecule has 1 unspecified atom stereocenters. The third kappa shape index (κ3) is 3.17. The van der Waals surface area contributed by atoms with Crippen LogP contribution in [0.5, 0.6) is 0 Å². The Balaban J connectivity index is 1.59. The van der Waals surface area contributed by atoms with Gasteiger partial charge in [0.2, 0.25) is 5.56 Å². The quantitative estimate of drug-likeness (QED) is 0.845. The van der Waals surface area contributed by atoms with Crippen molar-refractivity contribution in [2.24, 2.45) is 0 Å². The molecular formula is C18H21FN4O2. The van der Waals surface area contributed by atoms with Crippen molar-refractivity contribution in [3.63, 3.8) is 0 Å². The molecule has 132 valence electrons. The lowest BCUT2D eigenvalue weighted by Crippen LogP contribution is -2.49. The largest absolute Gasteiger partial charge is 0.337 e. The number of hydrogen-bond acceptors (Lipinski definition) is 4. The highest BCUT2D eigenvalue weighted by Gasteiger charge is 2.32. The number of benzene rings is 1. The Labute approximate surface area is 144 Å². The van der Waals surface area contributed by atoms with Gasteiger partial charge >= 0.3 is 0 Å². The van der Waals surface area contributed by atoms with E-state index in [1.807, 2.05) is 4.90 Å². The summed E-state index contributed by atoms with van der Waals surface area (Å²) in [5.41, 5.74) is 0.313. The Kier molecular flexibility index (Phi) is 4.27. The van der Waals surface area contributed by atoms with Crippen LogP contribution in [0.15, 0.2) is 29.1 Å². The molecule has 4 rings (SSSR count). The van der Waals surface area contributed by atoms with Crippen molar-refractivity contribution in [3.05, 3.63) is 46.0 Å². The maximum atomic E-state index is 13.4. The molecule has 6 nitrogen and oxygen atoms in total. The zero-order chi connectivity index (χ0) is 17.4. The zero-order valence-corrected chi connectivity index (χ0v) is 13.9. The maximum Gasteiger partial charge on any atom is 0.254 e. The van der Waals surface area contributed by atoms with Gasteiger partial charge in [0, 0.05) is 56.8 Å². The minimum absolute atomic E-state index is 0.152. The number of carbonyl (C=O) groups is 1. The molecule has 2 aliphatic heterocycles. The van der Waals surface area contributed by atoms with Crippen LogP contribution in [-0.2, 0) is 0 Å². The second-order valence-electron chi connectivity index (χ2n) is 6.72. The summed E-state index contributed by atoms with van der Waals surface area (Å²) in [5, 5.41) is 3.92. The minimum Gasteiger partial charge on any atom is -0.337 e. The molecule has 1 atom stereocenters. The number of fused-ring (bicyclic) bond motifs is 1. The van der Waals surface area contributed by atoms with Crippen molar-refractivity contribution in [1.29, 1.82) is 0 Å². The first-order valence-corrected chi connectivity index (χ1v) is 8.68. The number of nitrogens with one attached hydrogen (secondary N) is 2. The topological polar surface area (TPSA) is 68.4 Å². The lowest BCUT2D eigenvalue weighted by molar-refractivity contribution is 0.0775. The number of rotatable bonds is 2. The van der Waals surface area contributed by atoms with E-state index in [2.05, 4.69) is 15.2 Å². The van der Waals surface area contributed by atoms with Crippen LogP contribution in [0.2, 0.25) is 0 Å². The molecule has 2 saturated heterocycles. The lowest BCUT2D eigenvalue weighted by Gasteiger charge is -2.32. The van der Waals surface area contributed by atoms with Crippen LogP contribution >= 0.6 is 0 Å². The molecule has 0 radical (unpaired) electrons. The fraction of sp³-hybridized carbons (Fsp3) is 0.444. The Morgan fingerprint density at radius 3 is 2.76 bits per heavy atom. The molecule has 7 heteroatoms. The van der Waals surface area contributed by atoms with E-state index in [1.165, 1.54) is 18.2 Å². The first-order valence-electron chi connectivity index (χ1n) is 8.68. The van der Waals surface area contributed by atoms with Crippen LogP contribution in [0.1, 0.15) is 16.8 Å². The molecule has 1 aromatic carbocycles. The van der Waals surface area contributed by atoms with Crippen molar-refractivity contribution < 1.29 is 9.18 Å². The first kappa shape index (κ1) is 16.2. The molecule has 0 bridgehead atoms. The van der Waals surface area contributed by atoms with Crippen molar-refractivity contribution in [1.82, 2.24) is 20.1 Å². The van der Waals surface area contributed by atoms with Crippen molar-refractivity contribution in [3.8, 4) is 0 Å². The van der Waals surface area contributed by atoms with Gasteiger partial charge in [-0.2, -0.15) is 0 Å². The fourth-order valence-electron chi connectivity index (χ4n) is 3.85. The van der Waals surface area contributed by atoms with E-state index in [4.69, 9.17) is 0 Å². The fourth-order valence-corrected chi connectivity index (χ4v) is 3.85. The number of carbonyl (C=O) groups excluding carboxylic acids is 1. The van der Waals surface area contributed by atoms with Gasteiger partial charge in [-0.25, -0.2) is 4.39 Å². The number of amides is 1. The monoisotopic (exact) mass is 344 g/mol. The van der Waals surface area contributed by atoms with Crippen LogP contribution in [0.4, 0.5) is 4.39 Å². The number of aromatic nitrogens is 1. The summed E-state index contributed by atoms with van der Waals surface area (Å²) in [4.78, 5) is 31.7. The molecule has 3 heterocycles. The molecule has 1 amide bonds. The Hall–Kier alpha value is -2.25. The highest BCUT2D eigenvalue weighted by atomic mass is 19.1. The number of aromatic amines is 1. The van der Waals surface area contributed by atoms with E-state index < -0.39 is 5.82 Å². The highest BCUT2D eigenvalue weighted by molar-refractivity contribution is 6.06. The summed E-state index contributed by atoms with van der Waals surface area (Å²) in [6, 6.07) is 5.81. The predicted octanol–water partition coefficient (Wildman–Crippen LogP) is 0.787. The second-order valence-corrected chi connectivity index (χ2v) is 6.72. The first-order chi connectivity index (χ1) is 12.1. The Morgan fingerprint density at radius 1 is 1.16 bits per heavy atom. The number of pyridine rings is 1. The smallest absolute Gasteiger partial charge is 0.254 e. The average molecular weight is 344 g/mol. The maximum absolute atomic E-state index is 13.4. The standard InChI is InChI=1S/C18H21FN4O2/c19-12-1-2-14-15(10-17(24)21-16(14)9-12)18(25)23-6-3-13(11-23)22-7-4-20-5-8-22/h1-2,9-10,13,20H,3-8,11H2,(H,21,24). The van der Waals surface area contributed by atoms with E-state index in [0.29, 0.717) is 35.6 Å².